The van der Waals surface area contributed by atoms with E-state index in [1.165, 1.54) is 16.0 Å². The Kier molecular flexibility index (Phi) is 9.82. The van der Waals surface area contributed by atoms with Crippen LogP contribution in [0.25, 0.3) is 20.7 Å². The second-order valence-corrected chi connectivity index (χ2v) is 9.60. The number of aromatic nitrogens is 2. The van der Waals surface area contributed by atoms with E-state index in [9.17, 15) is 0 Å². The lowest BCUT2D eigenvalue weighted by molar-refractivity contribution is 0.405. The average molecular weight is 471 g/mol. The summed E-state index contributed by atoms with van der Waals surface area (Å²) in [7, 11) is 4.20. The summed E-state index contributed by atoms with van der Waals surface area (Å²) in [5.74, 6) is 1.59. The molecule has 0 bridgehead atoms. The van der Waals surface area contributed by atoms with Gasteiger partial charge in [-0.3, -0.25) is 0 Å². The van der Waals surface area contributed by atoms with Crippen molar-refractivity contribution < 1.29 is 0 Å². The smallest absolute Gasteiger partial charge is 0.225 e. The van der Waals surface area contributed by atoms with E-state index < -0.39 is 0 Å². The molecular formula is C22H33Cl2N5S. The lowest BCUT2D eigenvalue weighted by atomic mass is 10.1. The molecule has 8 heteroatoms. The van der Waals surface area contributed by atoms with E-state index in [0.717, 1.165) is 35.5 Å². The summed E-state index contributed by atoms with van der Waals surface area (Å²) in [6.45, 7) is 10.4. The van der Waals surface area contributed by atoms with Crippen LogP contribution in [0.5, 0.6) is 0 Å². The highest BCUT2D eigenvalue weighted by Gasteiger charge is 2.16. The molecule has 2 N–H and O–H groups in total. The van der Waals surface area contributed by atoms with E-state index in [-0.39, 0.29) is 30.4 Å². The van der Waals surface area contributed by atoms with Crippen molar-refractivity contribution in [3.8, 4) is 10.4 Å². The topological polar surface area (TPSA) is 53.1 Å². The first-order chi connectivity index (χ1) is 13.2. The number of thiophene rings is 1. The van der Waals surface area contributed by atoms with Crippen molar-refractivity contribution in [3.63, 3.8) is 0 Å². The number of hydrogen-bond donors (Lipinski definition) is 2. The molecule has 166 valence electrons. The molecule has 0 aliphatic heterocycles. The van der Waals surface area contributed by atoms with Crippen LogP contribution in [0.4, 0.5) is 11.8 Å². The van der Waals surface area contributed by atoms with Gasteiger partial charge in [-0.2, -0.15) is 4.98 Å². The molecule has 0 aliphatic carbocycles. The molecule has 0 saturated heterocycles. The first-order valence-corrected chi connectivity index (χ1v) is 10.6. The van der Waals surface area contributed by atoms with Gasteiger partial charge in [0, 0.05) is 17.0 Å². The summed E-state index contributed by atoms with van der Waals surface area (Å²) >= 11 is 1.75. The highest BCUT2D eigenvalue weighted by molar-refractivity contribution is 7.22. The number of benzene rings is 1. The van der Waals surface area contributed by atoms with Crippen LogP contribution >= 0.6 is 36.2 Å². The summed E-state index contributed by atoms with van der Waals surface area (Å²) in [6.07, 6.45) is 1.07. The third-order valence-electron chi connectivity index (χ3n) is 4.27. The number of anilines is 2. The quantitative estimate of drug-likeness (QED) is 0.410. The molecule has 5 nitrogen and oxygen atoms in total. The standard InChI is InChI=1S/C22H31N5S.2ClH/c1-15-8-10-16(11-9-15)18-14-17-19(28-18)20(23-12-7-13-27(5)6)25-21(24-17)26-22(2,3)4;;/h8-11,14H,7,12-13H2,1-6H3,(H2,23,24,25,26);2*1H. The van der Waals surface area contributed by atoms with E-state index in [4.69, 9.17) is 9.97 Å². The number of rotatable bonds is 7. The van der Waals surface area contributed by atoms with Crippen molar-refractivity contribution in [1.82, 2.24) is 14.9 Å². The fraction of sp³-hybridized carbons (Fsp3) is 0.455. The Morgan fingerprint density at radius 3 is 2.30 bits per heavy atom. The van der Waals surface area contributed by atoms with E-state index >= 15 is 0 Å². The Bertz CT molecular complexity index is 933. The SMILES string of the molecule is Cc1ccc(-c2cc3nc(NC(C)(C)C)nc(NCCCN(C)C)c3s2)cc1.Cl.Cl. The zero-order chi connectivity index (χ0) is 20.3. The number of hydrogen-bond acceptors (Lipinski definition) is 6. The van der Waals surface area contributed by atoms with E-state index in [1.54, 1.807) is 11.3 Å². The minimum atomic E-state index is -0.0916. The number of nitrogens with zero attached hydrogens (tertiary/aromatic N) is 3. The van der Waals surface area contributed by atoms with Crippen molar-refractivity contribution in [2.75, 3.05) is 37.8 Å². The number of halogens is 2. The van der Waals surface area contributed by atoms with Crippen molar-refractivity contribution in [3.05, 3.63) is 35.9 Å². The van der Waals surface area contributed by atoms with Gasteiger partial charge in [-0.25, -0.2) is 4.98 Å². The number of nitrogens with one attached hydrogen (secondary N) is 2. The Hall–Kier alpha value is -1.60. The van der Waals surface area contributed by atoms with E-state index in [0.29, 0.717) is 5.95 Å². The van der Waals surface area contributed by atoms with Crippen molar-refractivity contribution in [2.45, 2.75) is 39.7 Å². The van der Waals surface area contributed by atoms with Crippen LogP contribution in [0.3, 0.4) is 0 Å². The maximum absolute atomic E-state index is 4.79. The molecule has 1 aromatic carbocycles. The first kappa shape index (κ1) is 26.4. The van der Waals surface area contributed by atoms with Crippen LogP contribution in [0.1, 0.15) is 32.8 Å². The minimum absolute atomic E-state index is 0. The van der Waals surface area contributed by atoms with Gasteiger partial charge >= 0.3 is 0 Å². The molecule has 0 fully saturated rings. The second-order valence-electron chi connectivity index (χ2n) is 8.55. The van der Waals surface area contributed by atoms with Gasteiger partial charge < -0.3 is 15.5 Å². The van der Waals surface area contributed by atoms with Crippen LogP contribution < -0.4 is 10.6 Å². The third kappa shape index (κ3) is 7.27. The fourth-order valence-electron chi connectivity index (χ4n) is 2.90. The van der Waals surface area contributed by atoms with Crippen LogP contribution in [0.2, 0.25) is 0 Å². The number of fused-ring (bicyclic) bond motifs is 1. The predicted octanol–water partition coefficient (Wildman–Crippen LogP) is 6.08. The van der Waals surface area contributed by atoms with Gasteiger partial charge in [-0.15, -0.1) is 36.2 Å². The monoisotopic (exact) mass is 469 g/mol. The summed E-state index contributed by atoms with van der Waals surface area (Å²) < 4.78 is 1.11. The van der Waals surface area contributed by atoms with Crippen molar-refractivity contribution in [1.29, 1.82) is 0 Å². The maximum Gasteiger partial charge on any atom is 0.225 e. The van der Waals surface area contributed by atoms with Gasteiger partial charge in [0.1, 0.15) is 5.82 Å². The summed E-state index contributed by atoms with van der Waals surface area (Å²) in [5.41, 5.74) is 3.38. The zero-order valence-electron chi connectivity index (χ0n) is 18.6. The van der Waals surface area contributed by atoms with Crippen molar-refractivity contribution in [2.24, 2.45) is 0 Å². The fourth-order valence-corrected chi connectivity index (χ4v) is 3.97. The molecular weight excluding hydrogens is 437 g/mol. The second kappa shape index (κ2) is 11.1. The first-order valence-electron chi connectivity index (χ1n) is 9.77. The third-order valence-corrected chi connectivity index (χ3v) is 5.45. The van der Waals surface area contributed by atoms with E-state index in [2.05, 4.69) is 87.7 Å². The van der Waals surface area contributed by atoms with Gasteiger partial charge in [-0.05, 0) is 66.4 Å². The Morgan fingerprint density at radius 2 is 1.70 bits per heavy atom. The minimum Gasteiger partial charge on any atom is -0.369 e. The van der Waals surface area contributed by atoms with Gasteiger partial charge in [0.25, 0.3) is 0 Å². The Balaban J connectivity index is 0.00000225. The highest BCUT2D eigenvalue weighted by atomic mass is 35.5. The van der Waals surface area contributed by atoms with Gasteiger partial charge in [0.15, 0.2) is 0 Å². The molecule has 0 spiro atoms. The molecule has 3 rings (SSSR count). The van der Waals surface area contributed by atoms with Gasteiger partial charge in [-0.1, -0.05) is 29.8 Å². The maximum atomic E-state index is 4.79. The molecule has 0 radical (unpaired) electrons. The van der Waals surface area contributed by atoms with E-state index in [1.807, 2.05) is 0 Å². The molecule has 0 atom stereocenters. The summed E-state index contributed by atoms with van der Waals surface area (Å²) in [5, 5.41) is 6.95. The predicted molar refractivity (Wildman–Crippen MR) is 137 cm³/mol. The molecule has 30 heavy (non-hydrogen) atoms. The van der Waals surface area contributed by atoms with Crippen LogP contribution in [-0.4, -0.2) is 47.6 Å². The normalized spacial score (nSPS) is 11.2. The number of aryl methyl sites for hydroxylation is 1. The lowest BCUT2D eigenvalue weighted by Crippen LogP contribution is -2.27. The molecule has 0 saturated carbocycles. The lowest BCUT2D eigenvalue weighted by Gasteiger charge is -2.21. The molecule has 3 aromatic rings. The average Bonchev–Trinajstić information content (AvgIpc) is 3.01. The molecule has 0 amide bonds. The molecule has 2 heterocycles. The Morgan fingerprint density at radius 1 is 1.03 bits per heavy atom. The molecule has 0 aliphatic rings. The molecule has 0 unspecified atom stereocenters. The summed E-state index contributed by atoms with van der Waals surface area (Å²) in [4.78, 5) is 13.0. The van der Waals surface area contributed by atoms with Crippen LogP contribution in [-0.2, 0) is 0 Å². The van der Waals surface area contributed by atoms with Crippen LogP contribution in [0.15, 0.2) is 30.3 Å². The highest BCUT2D eigenvalue weighted by Crippen LogP contribution is 2.37. The molecule has 2 aromatic heterocycles. The summed E-state index contributed by atoms with van der Waals surface area (Å²) in [6, 6.07) is 10.8. The van der Waals surface area contributed by atoms with Gasteiger partial charge in [0.05, 0.1) is 10.2 Å². The zero-order valence-corrected chi connectivity index (χ0v) is 21.0. The van der Waals surface area contributed by atoms with Crippen molar-refractivity contribution >= 4 is 58.1 Å². The van der Waals surface area contributed by atoms with Crippen LogP contribution in [0, 0.1) is 6.92 Å². The van der Waals surface area contributed by atoms with Gasteiger partial charge in [0.2, 0.25) is 5.95 Å². The Labute approximate surface area is 196 Å². The largest absolute Gasteiger partial charge is 0.369 e.